The molecule has 0 aliphatic carbocycles. The predicted octanol–water partition coefficient (Wildman–Crippen LogP) is 2.80. The molecular weight excluding hydrogens is 160 g/mol. The van der Waals surface area contributed by atoms with E-state index in [2.05, 4.69) is 13.8 Å². The van der Waals surface area contributed by atoms with Gasteiger partial charge in [-0.2, -0.15) is 0 Å². The fourth-order valence-corrected chi connectivity index (χ4v) is 1.65. The van der Waals surface area contributed by atoms with Crippen molar-refractivity contribution >= 4 is 11.6 Å². The molecule has 0 aromatic carbocycles. The van der Waals surface area contributed by atoms with E-state index in [4.69, 9.17) is 16.7 Å². The van der Waals surface area contributed by atoms with Gasteiger partial charge in [0, 0.05) is 0 Å². The highest BCUT2D eigenvalue weighted by Gasteiger charge is 2.21. The fraction of sp³-hybridized carbons (Fsp3) is 1.00. The molecule has 2 heteroatoms. The molecule has 2 atom stereocenters. The third-order valence-electron chi connectivity index (χ3n) is 1.89. The second kappa shape index (κ2) is 5.00. The number of hydrogen-bond donors (Lipinski definition) is 1. The highest BCUT2D eigenvalue weighted by atomic mass is 35.5. The van der Waals surface area contributed by atoms with E-state index in [9.17, 15) is 0 Å². The maximum absolute atomic E-state index is 8.88. The molecule has 0 spiro atoms. The summed E-state index contributed by atoms with van der Waals surface area (Å²) >= 11 is 6.00. The van der Waals surface area contributed by atoms with Gasteiger partial charge in [0.05, 0.1) is 11.5 Å². The lowest BCUT2D eigenvalue weighted by Crippen LogP contribution is -2.24. The average Bonchev–Trinajstić information content (AvgIpc) is 1.87. The summed E-state index contributed by atoms with van der Waals surface area (Å²) in [7, 11) is 0. The second-order valence-corrected chi connectivity index (χ2v) is 4.58. The molecule has 0 rings (SSSR count). The van der Waals surface area contributed by atoms with Crippen molar-refractivity contribution < 1.29 is 5.11 Å². The molecule has 2 unspecified atom stereocenters. The summed E-state index contributed by atoms with van der Waals surface area (Å²) in [6.07, 6.45) is 3.29. The van der Waals surface area contributed by atoms with Crippen molar-refractivity contribution in [3.8, 4) is 0 Å². The van der Waals surface area contributed by atoms with Crippen LogP contribution in [0.2, 0.25) is 0 Å². The summed E-state index contributed by atoms with van der Waals surface area (Å²) in [6, 6.07) is 0. The molecule has 0 saturated heterocycles. The molecule has 0 amide bonds. The molecule has 1 N–H and O–H groups in total. The Hall–Kier alpha value is 0.250. The van der Waals surface area contributed by atoms with Gasteiger partial charge in [0.1, 0.15) is 0 Å². The number of aliphatic hydroxyl groups excluding tert-OH is 1. The average molecular weight is 179 g/mol. The number of aliphatic hydroxyl groups is 1. The first-order chi connectivity index (χ1) is 5.02. The van der Waals surface area contributed by atoms with Crippen LogP contribution >= 0.6 is 11.6 Å². The Morgan fingerprint density at radius 1 is 1.55 bits per heavy atom. The molecule has 0 aromatic heterocycles. The SMILES string of the molecule is CCCC(C)CC(C)(Cl)CO. The zero-order chi connectivity index (χ0) is 8.91. The number of rotatable bonds is 5. The molecule has 0 saturated carbocycles. The minimum absolute atomic E-state index is 0.0720. The predicted molar refractivity (Wildman–Crippen MR) is 50.0 cm³/mol. The van der Waals surface area contributed by atoms with Gasteiger partial charge in [-0.05, 0) is 19.3 Å². The Bertz CT molecular complexity index is 102. The molecule has 0 aromatic rings. The standard InChI is InChI=1S/C9H19ClO/c1-4-5-8(2)6-9(3,10)7-11/h8,11H,4-7H2,1-3H3. The summed E-state index contributed by atoms with van der Waals surface area (Å²) < 4.78 is 0. The molecule has 11 heavy (non-hydrogen) atoms. The zero-order valence-corrected chi connectivity index (χ0v) is 8.49. The minimum atomic E-state index is -0.408. The second-order valence-electron chi connectivity index (χ2n) is 3.67. The lowest BCUT2D eigenvalue weighted by molar-refractivity contribution is 0.229. The van der Waals surface area contributed by atoms with Crippen molar-refractivity contribution in [2.75, 3.05) is 6.61 Å². The Morgan fingerprint density at radius 3 is 2.45 bits per heavy atom. The van der Waals surface area contributed by atoms with Crippen LogP contribution in [0.15, 0.2) is 0 Å². The van der Waals surface area contributed by atoms with Gasteiger partial charge in [-0.15, -0.1) is 11.6 Å². The van der Waals surface area contributed by atoms with Crippen LogP contribution in [0.1, 0.15) is 40.0 Å². The highest BCUT2D eigenvalue weighted by Crippen LogP contribution is 2.25. The van der Waals surface area contributed by atoms with Crippen LogP contribution in [-0.4, -0.2) is 16.6 Å². The molecule has 1 nitrogen and oxygen atoms in total. The smallest absolute Gasteiger partial charge is 0.0651 e. The number of hydrogen-bond acceptors (Lipinski definition) is 1. The molecule has 0 aliphatic heterocycles. The van der Waals surface area contributed by atoms with Crippen LogP contribution in [0, 0.1) is 5.92 Å². The Labute approximate surface area is 74.8 Å². The molecule has 0 fully saturated rings. The molecule has 68 valence electrons. The van der Waals surface area contributed by atoms with E-state index < -0.39 is 4.87 Å². The van der Waals surface area contributed by atoms with E-state index in [0.717, 1.165) is 6.42 Å². The van der Waals surface area contributed by atoms with Crippen LogP contribution < -0.4 is 0 Å². The fourth-order valence-electron chi connectivity index (χ4n) is 1.39. The molecule has 0 radical (unpaired) electrons. The van der Waals surface area contributed by atoms with Crippen LogP contribution in [0.3, 0.4) is 0 Å². The minimum Gasteiger partial charge on any atom is -0.395 e. The number of halogens is 1. The normalized spacial score (nSPS) is 19.4. The van der Waals surface area contributed by atoms with Crippen molar-refractivity contribution in [2.45, 2.75) is 44.9 Å². The largest absolute Gasteiger partial charge is 0.395 e. The Morgan fingerprint density at radius 2 is 2.09 bits per heavy atom. The van der Waals surface area contributed by atoms with Gasteiger partial charge in [0.2, 0.25) is 0 Å². The third kappa shape index (κ3) is 5.51. The monoisotopic (exact) mass is 178 g/mol. The van der Waals surface area contributed by atoms with Crippen molar-refractivity contribution in [3.05, 3.63) is 0 Å². The highest BCUT2D eigenvalue weighted by molar-refractivity contribution is 6.23. The molecule has 0 aliphatic rings. The molecule has 0 heterocycles. The Kier molecular flexibility index (Phi) is 5.11. The summed E-state index contributed by atoms with van der Waals surface area (Å²) in [6.45, 7) is 6.31. The maximum Gasteiger partial charge on any atom is 0.0651 e. The van der Waals surface area contributed by atoms with Crippen molar-refractivity contribution in [1.82, 2.24) is 0 Å². The van der Waals surface area contributed by atoms with Gasteiger partial charge >= 0.3 is 0 Å². The summed E-state index contributed by atoms with van der Waals surface area (Å²) in [5.41, 5.74) is 0. The van der Waals surface area contributed by atoms with Gasteiger partial charge in [-0.1, -0.05) is 26.7 Å². The third-order valence-corrected chi connectivity index (χ3v) is 2.16. The van der Waals surface area contributed by atoms with Crippen LogP contribution in [0.4, 0.5) is 0 Å². The van der Waals surface area contributed by atoms with Crippen molar-refractivity contribution in [1.29, 1.82) is 0 Å². The first kappa shape index (κ1) is 11.2. The van der Waals surface area contributed by atoms with E-state index in [1.165, 1.54) is 12.8 Å². The quantitative estimate of drug-likeness (QED) is 0.642. The van der Waals surface area contributed by atoms with E-state index >= 15 is 0 Å². The van der Waals surface area contributed by atoms with Crippen LogP contribution in [0.5, 0.6) is 0 Å². The van der Waals surface area contributed by atoms with E-state index in [1.54, 1.807) is 0 Å². The lowest BCUT2D eigenvalue weighted by Gasteiger charge is -2.22. The number of alkyl halides is 1. The van der Waals surface area contributed by atoms with E-state index in [-0.39, 0.29) is 6.61 Å². The first-order valence-corrected chi connectivity index (χ1v) is 4.69. The van der Waals surface area contributed by atoms with E-state index in [0.29, 0.717) is 5.92 Å². The molecule has 0 bridgehead atoms. The first-order valence-electron chi connectivity index (χ1n) is 4.31. The topological polar surface area (TPSA) is 20.2 Å². The van der Waals surface area contributed by atoms with Gasteiger partial charge in [-0.3, -0.25) is 0 Å². The summed E-state index contributed by atoms with van der Waals surface area (Å²) in [4.78, 5) is -0.408. The van der Waals surface area contributed by atoms with Crippen molar-refractivity contribution in [3.63, 3.8) is 0 Å². The zero-order valence-electron chi connectivity index (χ0n) is 7.73. The summed E-state index contributed by atoms with van der Waals surface area (Å²) in [5.74, 6) is 0.620. The maximum atomic E-state index is 8.88. The van der Waals surface area contributed by atoms with Gasteiger partial charge in [-0.25, -0.2) is 0 Å². The Balaban J connectivity index is 3.64. The van der Waals surface area contributed by atoms with E-state index in [1.807, 2.05) is 6.92 Å². The van der Waals surface area contributed by atoms with Crippen molar-refractivity contribution in [2.24, 2.45) is 5.92 Å². The van der Waals surface area contributed by atoms with Crippen LogP contribution in [0.25, 0.3) is 0 Å². The lowest BCUT2D eigenvalue weighted by atomic mass is 9.94. The summed E-state index contributed by atoms with van der Waals surface area (Å²) in [5, 5.41) is 8.88. The molecular formula is C9H19ClO. The van der Waals surface area contributed by atoms with Crippen LogP contribution in [-0.2, 0) is 0 Å². The van der Waals surface area contributed by atoms with Gasteiger partial charge in [0.15, 0.2) is 0 Å². The van der Waals surface area contributed by atoms with Gasteiger partial charge < -0.3 is 5.11 Å². The van der Waals surface area contributed by atoms with Gasteiger partial charge in [0.25, 0.3) is 0 Å².